The summed E-state index contributed by atoms with van der Waals surface area (Å²) in [5, 5.41) is 7.20. The van der Waals surface area contributed by atoms with Gasteiger partial charge in [-0.3, -0.25) is 14.5 Å². The van der Waals surface area contributed by atoms with Gasteiger partial charge in [-0.05, 0) is 52.5 Å². The Kier molecular flexibility index (Phi) is 5.53. The summed E-state index contributed by atoms with van der Waals surface area (Å²) < 4.78 is 6.78. The fourth-order valence-corrected chi connectivity index (χ4v) is 3.20. The van der Waals surface area contributed by atoms with E-state index in [1.807, 2.05) is 0 Å². The Morgan fingerprint density at radius 2 is 2.00 bits per heavy atom. The Morgan fingerprint density at radius 3 is 2.67 bits per heavy atom. The van der Waals surface area contributed by atoms with Crippen LogP contribution in [0.5, 0.6) is 0 Å². The van der Waals surface area contributed by atoms with Gasteiger partial charge < -0.3 is 10.1 Å². The van der Waals surface area contributed by atoms with Gasteiger partial charge in [-0.2, -0.15) is 5.10 Å². The third-order valence-electron chi connectivity index (χ3n) is 4.69. The van der Waals surface area contributed by atoms with E-state index in [9.17, 15) is 14.4 Å². The van der Waals surface area contributed by atoms with Gasteiger partial charge in [-0.1, -0.05) is 0 Å². The van der Waals surface area contributed by atoms with Gasteiger partial charge in [0.05, 0.1) is 12.2 Å². The molecule has 3 rings (SSSR count). The molecule has 1 saturated carbocycles. The SMILES string of the molecule is CC(C)(C)OC(=O)N1CCC[C@@H]1C(=O)NCCn1nc(C2CC2)ccc1=O. The maximum absolute atomic E-state index is 12.5. The monoisotopic (exact) mass is 376 g/mol. The molecular weight excluding hydrogens is 348 g/mol. The minimum atomic E-state index is -0.597. The van der Waals surface area contributed by atoms with E-state index in [2.05, 4.69) is 10.4 Å². The number of aromatic nitrogens is 2. The normalized spacial score (nSPS) is 19.8. The zero-order valence-corrected chi connectivity index (χ0v) is 16.2. The molecule has 0 spiro atoms. The van der Waals surface area contributed by atoms with Crippen molar-refractivity contribution in [2.45, 2.75) is 70.6 Å². The van der Waals surface area contributed by atoms with Crippen molar-refractivity contribution in [3.63, 3.8) is 0 Å². The van der Waals surface area contributed by atoms with Gasteiger partial charge in [0.2, 0.25) is 5.91 Å². The molecule has 2 fully saturated rings. The molecule has 1 aliphatic heterocycles. The van der Waals surface area contributed by atoms with E-state index in [4.69, 9.17) is 4.74 Å². The van der Waals surface area contributed by atoms with Crippen molar-refractivity contribution in [2.24, 2.45) is 0 Å². The lowest BCUT2D eigenvalue weighted by Gasteiger charge is -2.28. The summed E-state index contributed by atoms with van der Waals surface area (Å²) in [6, 6.07) is 2.79. The van der Waals surface area contributed by atoms with Gasteiger partial charge in [-0.25, -0.2) is 9.48 Å². The summed E-state index contributed by atoms with van der Waals surface area (Å²) in [6.45, 7) is 6.52. The van der Waals surface area contributed by atoms with E-state index < -0.39 is 17.7 Å². The number of nitrogens with zero attached hydrogens (tertiary/aromatic N) is 3. The molecule has 27 heavy (non-hydrogen) atoms. The van der Waals surface area contributed by atoms with Crippen molar-refractivity contribution in [1.29, 1.82) is 0 Å². The average molecular weight is 376 g/mol. The van der Waals surface area contributed by atoms with E-state index in [-0.39, 0.29) is 11.5 Å². The molecule has 1 aliphatic carbocycles. The van der Waals surface area contributed by atoms with Crippen molar-refractivity contribution in [3.05, 3.63) is 28.2 Å². The van der Waals surface area contributed by atoms with Crippen molar-refractivity contribution < 1.29 is 14.3 Å². The van der Waals surface area contributed by atoms with Crippen molar-refractivity contribution in [3.8, 4) is 0 Å². The molecule has 148 valence electrons. The molecule has 1 aromatic heterocycles. The number of hydrogen-bond donors (Lipinski definition) is 1. The molecule has 8 heteroatoms. The number of rotatable bonds is 5. The minimum absolute atomic E-state index is 0.176. The van der Waals surface area contributed by atoms with Gasteiger partial charge in [0, 0.05) is 25.1 Å². The summed E-state index contributed by atoms with van der Waals surface area (Å²) in [7, 11) is 0. The standard InChI is InChI=1S/C19H28N4O4/c1-19(2,3)27-18(26)22-11-4-5-15(22)17(25)20-10-12-23-16(24)9-8-14(21-23)13-6-7-13/h8-9,13,15H,4-7,10-12H2,1-3H3,(H,20,25)/t15-/m1/s1. The van der Waals surface area contributed by atoms with E-state index in [1.54, 1.807) is 26.8 Å². The van der Waals surface area contributed by atoms with Crippen molar-refractivity contribution in [2.75, 3.05) is 13.1 Å². The minimum Gasteiger partial charge on any atom is -0.444 e. The summed E-state index contributed by atoms with van der Waals surface area (Å²) in [5.74, 6) is 0.247. The van der Waals surface area contributed by atoms with Crippen LogP contribution in [0, 0.1) is 0 Å². The highest BCUT2D eigenvalue weighted by Crippen LogP contribution is 2.38. The molecule has 0 radical (unpaired) electrons. The van der Waals surface area contributed by atoms with Crippen LogP contribution in [0.1, 0.15) is 58.1 Å². The quantitative estimate of drug-likeness (QED) is 0.843. The highest BCUT2D eigenvalue weighted by molar-refractivity contribution is 5.86. The number of carbonyl (C=O) groups is 2. The van der Waals surface area contributed by atoms with Crippen LogP contribution in [-0.2, 0) is 16.1 Å². The molecule has 8 nitrogen and oxygen atoms in total. The molecular formula is C19H28N4O4. The fourth-order valence-electron chi connectivity index (χ4n) is 3.20. The lowest BCUT2D eigenvalue weighted by Crippen LogP contribution is -2.48. The first-order valence-corrected chi connectivity index (χ1v) is 9.60. The van der Waals surface area contributed by atoms with Gasteiger partial charge >= 0.3 is 6.09 Å². The average Bonchev–Trinajstić information content (AvgIpc) is 3.30. The summed E-state index contributed by atoms with van der Waals surface area (Å²) in [5.41, 5.74) is 0.165. The number of amides is 2. The number of ether oxygens (including phenoxy) is 1. The molecule has 1 saturated heterocycles. The number of likely N-dealkylation sites (tertiary alicyclic amines) is 1. The predicted octanol–water partition coefficient (Wildman–Crippen LogP) is 1.64. The highest BCUT2D eigenvalue weighted by atomic mass is 16.6. The molecule has 2 heterocycles. The molecule has 0 bridgehead atoms. The molecule has 1 N–H and O–H groups in total. The summed E-state index contributed by atoms with van der Waals surface area (Å²) >= 11 is 0. The number of carbonyl (C=O) groups excluding carboxylic acids is 2. The summed E-state index contributed by atoms with van der Waals surface area (Å²) in [6.07, 6.45) is 3.14. The topological polar surface area (TPSA) is 93.5 Å². The predicted molar refractivity (Wildman–Crippen MR) is 99.4 cm³/mol. The number of nitrogens with one attached hydrogen (secondary N) is 1. The van der Waals surface area contributed by atoms with Gasteiger partial charge in [0.25, 0.3) is 5.56 Å². The Balaban J connectivity index is 1.53. The molecule has 0 aromatic carbocycles. The third kappa shape index (κ3) is 5.08. The Labute approximate surface area is 158 Å². The van der Waals surface area contributed by atoms with Crippen LogP contribution in [0.15, 0.2) is 16.9 Å². The van der Waals surface area contributed by atoms with Crippen LogP contribution in [0.4, 0.5) is 4.79 Å². The zero-order chi connectivity index (χ0) is 19.6. The maximum Gasteiger partial charge on any atom is 0.410 e. The van der Waals surface area contributed by atoms with E-state index in [0.29, 0.717) is 32.0 Å². The van der Waals surface area contributed by atoms with Crippen LogP contribution in [-0.4, -0.2) is 51.4 Å². The number of hydrogen-bond acceptors (Lipinski definition) is 5. The van der Waals surface area contributed by atoms with Crippen molar-refractivity contribution in [1.82, 2.24) is 20.0 Å². The van der Waals surface area contributed by atoms with Crippen LogP contribution in [0.3, 0.4) is 0 Å². The van der Waals surface area contributed by atoms with Crippen LogP contribution >= 0.6 is 0 Å². The van der Waals surface area contributed by atoms with Crippen LogP contribution in [0.25, 0.3) is 0 Å². The zero-order valence-electron chi connectivity index (χ0n) is 16.2. The van der Waals surface area contributed by atoms with E-state index >= 15 is 0 Å². The summed E-state index contributed by atoms with van der Waals surface area (Å²) in [4.78, 5) is 38.2. The molecule has 1 aromatic rings. The van der Waals surface area contributed by atoms with Crippen molar-refractivity contribution >= 4 is 12.0 Å². The third-order valence-corrected chi connectivity index (χ3v) is 4.69. The highest BCUT2D eigenvalue weighted by Gasteiger charge is 2.36. The Hall–Kier alpha value is -2.38. The molecule has 2 aliphatic rings. The lowest BCUT2D eigenvalue weighted by molar-refractivity contribution is -0.125. The molecule has 0 unspecified atom stereocenters. The van der Waals surface area contributed by atoms with Gasteiger partial charge in [0.15, 0.2) is 0 Å². The van der Waals surface area contributed by atoms with E-state index in [1.165, 1.54) is 15.6 Å². The van der Waals surface area contributed by atoms with Gasteiger partial charge in [-0.15, -0.1) is 0 Å². The lowest BCUT2D eigenvalue weighted by atomic mass is 10.2. The second-order valence-electron chi connectivity index (χ2n) is 8.22. The maximum atomic E-state index is 12.5. The van der Waals surface area contributed by atoms with Crippen LogP contribution < -0.4 is 10.9 Å². The van der Waals surface area contributed by atoms with E-state index in [0.717, 1.165) is 25.0 Å². The first-order valence-electron chi connectivity index (χ1n) is 9.60. The Morgan fingerprint density at radius 1 is 1.26 bits per heavy atom. The van der Waals surface area contributed by atoms with Crippen LogP contribution in [0.2, 0.25) is 0 Å². The second-order valence-corrected chi connectivity index (χ2v) is 8.22. The Bertz CT molecular complexity index is 764. The second kappa shape index (κ2) is 7.70. The first-order chi connectivity index (χ1) is 12.7. The fraction of sp³-hybridized carbons (Fsp3) is 0.684. The first kappa shape index (κ1) is 19.4. The molecule has 2 amide bonds. The largest absolute Gasteiger partial charge is 0.444 e. The smallest absolute Gasteiger partial charge is 0.410 e. The molecule has 1 atom stereocenters. The van der Waals surface area contributed by atoms with Gasteiger partial charge in [0.1, 0.15) is 11.6 Å².